The van der Waals surface area contributed by atoms with Crippen molar-refractivity contribution in [3.63, 3.8) is 0 Å². The quantitative estimate of drug-likeness (QED) is 0.277. The Morgan fingerprint density at radius 2 is 1.86 bits per heavy atom. The third-order valence-corrected chi connectivity index (χ3v) is 8.66. The lowest BCUT2D eigenvalue weighted by Gasteiger charge is -2.26. The number of carbonyl (C=O) groups is 2. The van der Waals surface area contributed by atoms with Gasteiger partial charge in [-0.05, 0) is 88.7 Å². The molecule has 1 aliphatic rings. The average Bonchev–Trinajstić information content (AvgIpc) is 3.40. The predicted molar refractivity (Wildman–Crippen MR) is 168 cm³/mol. The molecule has 2 aromatic carbocycles. The second-order valence-corrected chi connectivity index (χ2v) is 12.4. The minimum atomic E-state index is -1.01. The topological polar surface area (TPSA) is 112 Å². The number of hydrogen-bond donors (Lipinski definition) is 1. The Bertz CT molecular complexity index is 2000. The van der Waals surface area contributed by atoms with E-state index < -0.39 is 18.0 Å². The van der Waals surface area contributed by atoms with Gasteiger partial charge in [-0.3, -0.25) is 9.36 Å². The lowest BCUT2D eigenvalue weighted by Crippen LogP contribution is -2.40. The Morgan fingerprint density at radius 1 is 1.12 bits per heavy atom. The van der Waals surface area contributed by atoms with Crippen LogP contribution in [0.5, 0.6) is 5.75 Å². The van der Waals surface area contributed by atoms with Crippen molar-refractivity contribution in [2.45, 2.75) is 46.8 Å². The maximum absolute atomic E-state index is 14.2. The number of aromatic nitrogens is 2. The van der Waals surface area contributed by atoms with E-state index in [1.165, 1.54) is 15.9 Å². The number of esters is 1. The van der Waals surface area contributed by atoms with E-state index >= 15 is 0 Å². The Balaban J connectivity index is 1.72. The second-order valence-electron chi connectivity index (χ2n) is 10.4. The van der Waals surface area contributed by atoms with Crippen LogP contribution in [0.3, 0.4) is 0 Å². The van der Waals surface area contributed by atoms with Crippen LogP contribution in [0.2, 0.25) is 0 Å². The molecular weight excluding hydrogens is 634 g/mol. The maximum Gasteiger partial charge on any atom is 0.338 e. The van der Waals surface area contributed by atoms with Gasteiger partial charge in [-0.2, -0.15) is 0 Å². The fourth-order valence-corrected chi connectivity index (χ4v) is 6.74. The number of carbonyl (C=O) groups excluding carboxylic acids is 1. The van der Waals surface area contributed by atoms with Gasteiger partial charge in [-0.25, -0.2) is 14.6 Å². The zero-order chi connectivity index (χ0) is 31.2. The molecule has 0 aliphatic carbocycles. The molecule has 4 aromatic rings. The highest BCUT2D eigenvalue weighted by molar-refractivity contribution is 9.10. The number of fused-ring (bicyclic) bond motifs is 1. The molecule has 11 heteroatoms. The normalized spacial score (nSPS) is 15.0. The van der Waals surface area contributed by atoms with Crippen LogP contribution in [0.1, 0.15) is 59.7 Å². The molecule has 0 amide bonds. The van der Waals surface area contributed by atoms with Gasteiger partial charge in [0.05, 0.1) is 34.6 Å². The van der Waals surface area contributed by atoms with Gasteiger partial charge in [0.1, 0.15) is 11.8 Å². The van der Waals surface area contributed by atoms with Crippen LogP contribution in [-0.4, -0.2) is 39.4 Å². The van der Waals surface area contributed by atoms with Crippen molar-refractivity contribution >= 4 is 45.3 Å². The number of rotatable bonds is 7. The van der Waals surface area contributed by atoms with Crippen molar-refractivity contribution in [1.29, 1.82) is 0 Å². The number of carboxylic acids is 1. The first-order valence-electron chi connectivity index (χ1n) is 13.5. The monoisotopic (exact) mass is 663 g/mol. The molecule has 0 saturated carbocycles. The van der Waals surface area contributed by atoms with E-state index in [1.807, 2.05) is 48.8 Å². The Hall–Kier alpha value is -4.22. The van der Waals surface area contributed by atoms with Crippen molar-refractivity contribution in [3.05, 3.63) is 112 Å². The zero-order valence-corrected chi connectivity index (χ0v) is 26.9. The summed E-state index contributed by atoms with van der Waals surface area (Å²) < 4.78 is 15.9. The van der Waals surface area contributed by atoms with E-state index in [0.29, 0.717) is 32.0 Å². The molecule has 0 radical (unpaired) electrons. The Kier molecular flexibility index (Phi) is 8.31. The summed E-state index contributed by atoms with van der Waals surface area (Å²) in [5, 5.41) is 9.47. The molecule has 222 valence electrons. The van der Waals surface area contributed by atoms with Crippen LogP contribution in [0.15, 0.2) is 74.1 Å². The van der Waals surface area contributed by atoms with E-state index in [1.54, 1.807) is 52.1 Å². The van der Waals surface area contributed by atoms with Crippen LogP contribution in [0.25, 0.3) is 11.8 Å². The van der Waals surface area contributed by atoms with Crippen LogP contribution in [0.4, 0.5) is 0 Å². The number of carboxylic acid groups (broad SMARTS) is 1. The number of aromatic carboxylic acids is 1. The molecule has 43 heavy (non-hydrogen) atoms. The highest BCUT2D eigenvalue weighted by Crippen LogP contribution is 2.37. The summed E-state index contributed by atoms with van der Waals surface area (Å²) >= 11 is 4.76. The largest absolute Gasteiger partial charge is 0.496 e. The number of thiazole rings is 1. The smallest absolute Gasteiger partial charge is 0.338 e. The summed E-state index contributed by atoms with van der Waals surface area (Å²) in [6, 6.07) is 13.3. The van der Waals surface area contributed by atoms with Crippen LogP contribution >= 0.6 is 27.3 Å². The molecule has 1 aliphatic heterocycles. The molecule has 1 atom stereocenters. The minimum absolute atomic E-state index is 0.185. The highest BCUT2D eigenvalue weighted by atomic mass is 79.9. The first-order valence-corrected chi connectivity index (χ1v) is 15.1. The van der Waals surface area contributed by atoms with E-state index in [2.05, 4.69) is 20.9 Å². The maximum atomic E-state index is 14.2. The van der Waals surface area contributed by atoms with Gasteiger partial charge in [0.15, 0.2) is 4.80 Å². The van der Waals surface area contributed by atoms with Crippen molar-refractivity contribution in [2.75, 3.05) is 7.11 Å². The summed E-state index contributed by atoms with van der Waals surface area (Å²) in [6.07, 6.45) is 1.44. The lowest BCUT2D eigenvalue weighted by molar-refractivity contribution is -0.143. The number of aryl methyl sites for hydroxylation is 1. The molecule has 0 bridgehead atoms. The van der Waals surface area contributed by atoms with Crippen LogP contribution in [-0.2, 0) is 9.53 Å². The van der Waals surface area contributed by atoms with Gasteiger partial charge in [-0.1, -0.05) is 33.3 Å². The summed E-state index contributed by atoms with van der Waals surface area (Å²) in [4.78, 5) is 44.3. The number of nitrogens with zero attached hydrogens (tertiary/aromatic N) is 3. The first kappa shape index (κ1) is 30.2. The third-order valence-electron chi connectivity index (χ3n) is 7.18. The molecule has 0 fully saturated rings. The van der Waals surface area contributed by atoms with Crippen LogP contribution in [0, 0.1) is 13.8 Å². The van der Waals surface area contributed by atoms with Gasteiger partial charge in [-0.15, -0.1) is 0 Å². The number of benzene rings is 2. The molecule has 0 spiro atoms. The minimum Gasteiger partial charge on any atom is -0.496 e. The van der Waals surface area contributed by atoms with E-state index in [4.69, 9.17) is 9.47 Å². The van der Waals surface area contributed by atoms with E-state index in [9.17, 15) is 19.5 Å². The summed E-state index contributed by atoms with van der Waals surface area (Å²) in [5.41, 5.74) is 4.45. The number of allylic oxidation sites excluding steroid dienone is 1. The van der Waals surface area contributed by atoms with Crippen molar-refractivity contribution in [1.82, 2.24) is 9.13 Å². The first-order chi connectivity index (χ1) is 20.4. The van der Waals surface area contributed by atoms with Gasteiger partial charge in [0.2, 0.25) is 0 Å². The number of ether oxygens (including phenoxy) is 2. The lowest BCUT2D eigenvalue weighted by atomic mass is 9.95. The second kappa shape index (κ2) is 11.8. The molecule has 3 heterocycles. The standard InChI is InChI=1S/C32H30BrN3O6S/c1-16(2)42-31(40)27-18(4)34-32-36(28(27)24-15-22(33)10-11-25(24)41-6)29(37)26(43-32)14-21-12-17(3)35(19(21)5)23-9-7-8-20(13-23)30(38)39/h7-16,28H,1-6H3,(H,38,39)/b26-14-/t28-/m0/s1. The number of methoxy groups -OCH3 is 1. The van der Waals surface area contributed by atoms with Crippen molar-refractivity contribution < 1.29 is 24.2 Å². The molecule has 0 saturated heterocycles. The van der Waals surface area contributed by atoms with Gasteiger partial charge >= 0.3 is 11.9 Å². The molecule has 2 aromatic heterocycles. The number of halogens is 1. The average molecular weight is 665 g/mol. The summed E-state index contributed by atoms with van der Waals surface area (Å²) in [5.74, 6) is -1.04. The molecule has 0 unspecified atom stereocenters. The van der Waals surface area contributed by atoms with E-state index in [-0.39, 0.29) is 22.8 Å². The molecular formula is C32H30BrN3O6S. The fourth-order valence-electron chi connectivity index (χ4n) is 5.32. The molecule has 9 nitrogen and oxygen atoms in total. The molecule has 5 rings (SSSR count). The predicted octanol–water partition coefficient (Wildman–Crippen LogP) is 5.06. The highest BCUT2D eigenvalue weighted by Gasteiger charge is 2.35. The Labute approximate surface area is 260 Å². The van der Waals surface area contributed by atoms with E-state index in [0.717, 1.165) is 21.4 Å². The van der Waals surface area contributed by atoms with Gasteiger partial charge in [0.25, 0.3) is 5.56 Å². The zero-order valence-electron chi connectivity index (χ0n) is 24.5. The van der Waals surface area contributed by atoms with Gasteiger partial charge < -0.3 is 19.1 Å². The number of hydrogen-bond acceptors (Lipinski definition) is 7. The fraction of sp³-hybridized carbons (Fsp3) is 0.250. The van der Waals surface area contributed by atoms with Crippen molar-refractivity contribution in [2.24, 2.45) is 4.99 Å². The SMILES string of the molecule is COc1ccc(Br)cc1[C@H]1C(C(=O)OC(C)C)=C(C)N=c2s/c(=C\c3cc(C)n(-c4cccc(C(=O)O)c4)c3C)c(=O)n21. The van der Waals surface area contributed by atoms with Crippen LogP contribution < -0.4 is 19.6 Å². The van der Waals surface area contributed by atoms with Crippen molar-refractivity contribution in [3.8, 4) is 11.4 Å². The summed E-state index contributed by atoms with van der Waals surface area (Å²) in [6.45, 7) is 9.13. The van der Waals surface area contributed by atoms with Gasteiger partial charge in [0, 0.05) is 27.1 Å². The Morgan fingerprint density at radius 3 is 2.53 bits per heavy atom. The third kappa shape index (κ3) is 5.62. The summed E-state index contributed by atoms with van der Waals surface area (Å²) in [7, 11) is 1.54. The molecule has 1 N–H and O–H groups in total.